The molecule has 1 heterocycles. The first-order valence-electron chi connectivity index (χ1n) is 7.05. The van der Waals surface area contributed by atoms with E-state index in [1.54, 1.807) is 4.90 Å². The summed E-state index contributed by atoms with van der Waals surface area (Å²) in [4.78, 5) is 16.2. The normalized spacial score (nSPS) is 18.1. The van der Waals surface area contributed by atoms with Crippen molar-refractivity contribution in [1.82, 2.24) is 9.80 Å². The smallest absolute Gasteiger partial charge is 0.253 e. The summed E-state index contributed by atoms with van der Waals surface area (Å²) in [6.07, 6.45) is 0.448. The van der Waals surface area contributed by atoms with Crippen molar-refractivity contribution in [2.24, 2.45) is 0 Å². The van der Waals surface area contributed by atoms with E-state index < -0.39 is 0 Å². The SMILES string of the molecule is CCC(O)CN1CCN(C(=O)c2ccc(F)cc2)CC1. The monoisotopic (exact) mass is 280 g/mol. The first-order valence-corrected chi connectivity index (χ1v) is 7.05. The van der Waals surface area contributed by atoms with Crippen molar-refractivity contribution in [3.63, 3.8) is 0 Å². The summed E-state index contributed by atoms with van der Waals surface area (Å²) in [6, 6.07) is 5.65. The van der Waals surface area contributed by atoms with E-state index in [-0.39, 0.29) is 17.8 Å². The molecule has 0 aliphatic carbocycles. The Labute approximate surface area is 118 Å². The molecule has 0 aromatic heterocycles. The van der Waals surface area contributed by atoms with Gasteiger partial charge in [0.1, 0.15) is 5.82 Å². The topological polar surface area (TPSA) is 43.8 Å². The average molecular weight is 280 g/mol. The number of carbonyl (C=O) groups excluding carboxylic acids is 1. The number of hydrogen-bond acceptors (Lipinski definition) is 3. The summed E-state index contributed by atoms with van der Waals surface area (Å²) >= 11 is 0. The number of aliphatic hydroxyl groups excluding tert-OH is 1. The van der Waals surface area contributed by atoms with Crippen molar-refractivity contribution >= 4 is 5.91 Å². The lowest BCUT2D eigenvalue weighted by Crippen LogP contribution is -2.50. The van der Waals surface area contributed by atoms with Gasteiger partial charge in [-0.15, -0.1) is 0 Å². The highest BCUT2D eigenvalue weighted by Gasteiger charge is 2.22. The summed E-state index contributed by atoms with van der Waals surface area (Å²) in [7, 11) is 0. The molecule has 1 aromatic carbocycles. The fourth-order valence-electron chi connectivity index (χ4n) is 2.34. The highest BCUT2D eigenvalue weighted by molar-refractivity contribution is 5.94. The fourth-order valence-corrected chi connectivity index (χ4v) is 2.34. The van der Waals surface area contributed by atoms with Gasteiger partial charge in [-0.05, 0) is 30.7 Å². The average Bonchev–Trinajstić information content (AvgIpc) is 2.48. The second-order valence-corrected chi connectivity index (χ2v) is 5.16. The number of amides is 1. The largest absolute Gasteiger partial charge is 0.392 e. The van der Waals surface area contributed by atoms with Gasteiger partial charge in [-0.3, -0.25) is 9.69 Å². The van der Waals surface area contributed by atoms with Gasteiger partial charge in [0, 0.05) is 38.3 Å². The summed E-state index contributed by atoms with van der Waals surface area (Å²) in [6.45, 7) is 5.45. The number of aliphatic hydroxyl groups is 1. The van der Waals surface area contributed by atoms with Gasteiger partial charge in [-0.25, -0.2) is 4.39 Å². The van der Waals surface area contributed by atoms with Crippen LogP contribution in [0, 0.1) is 5.82 Å². The molecule has 1 unspecified atom stereocenters. The van der Waals surface area contributed by atoms with Gasteiger partial charge in [0.05, 0.1) is 6.10 Å². The predicted octanol–water partition coefficient (Wildman–Crippen LogP) is 1.35. The number of halogens is 1. The minimum atomic E-state index is -0.333. The number of rotatable bonds is 4. The molecule has 1 aliphatic rings. The standard InChI is InChI=1S/C15H21FN2O2/c1-2-14(19)11-17-7-9-18(10-8-17)15(20)12-3-5-13(16)6-4-12/h3-6,14,19H,2,7-11H2,1H3. The quantitative estimate of drug-likeness (QED) is 0.905. The zero-order chi connectivity index (χ0) is 14.5. The van der Waals surface area contributed by atoms with Crippen LogP contribution in [0.5, 0.6) is 0 Å². The molecule has 20 heavy (non-hydrogen) atoms. The second kappa shape index (κ2) is 6.81. The van der Waals surface area contributed by atoms with E-state index in [0.717, 1.165) is 19.5 Å². The number of β-amino-alcohol motifs (C(OH)–C–C–N with tert-alkyl or cyclic N) is 1. The van der Waals surface area contributed by atoms with Gasteiger partial charge >= 0.3 is 0 Å². The fraction of sp³-hybridized carbons (Fsp3) is 0.533. The van der Waals surface area contributed by atoms with Crippen LogP contribution >= 0.6 is 0 Å². The zero-order valence-corrected chi connectivity index (χ0v) is 11.8. The molecule has 0 radical (unpaired) electrons. The first kappa shape index (κ1) is 14.9. The minimum Gasteiger partial charge on any atom is -0.392 e. The first-order chi connectivity index (χ1) is 9.60. The number of benzene rings is 1. The van der Waals surface area contributed by atoms with Crippen LogP contribution < -0.4 is 0 Å². The van der Waals surface area contributed by atoms with Crippen molar-refractivity contribution in [3.8, 4) is 0 Å². The molecule has 1 atom stereocenters. The van der Waals surface area contributed by atoms with Gasteiger partial charge in [0.25, 0.3) is 5.91 Å². The minimum absolute atomic E-state index is 0.0549. The summed E-state index contributed by atoms with van der Waals surface area (Å²) in [5, 5.41) is 9.63. The van der Waals surface area contributed by atoms with E-state index in [2.05, 4.69) is 4.90 Å². The summed E-state index contributed by atoms with van der Waals surface area (Å²) in [5.74, 6) is -0.388. The van der Waals surface area contributed by atoms with E-state index in [4.69, 9.17) is 0 Å². The van der Waals surface area contributed by atoms with Gasteiger partial charge in [0.15, 0.2) is 0 Å². The van der Waals surface area contributed by atoms with Crippen LogP contribution in [0.2, 0.25) is 0 Å². The Kier molecular flexibility index (Phi) is 5.09. The van der Waals surface area contributed by atoms with E-state index >= 15 is 0 Å². The third-order valence-corrected chi connectivity index (χ3v) is 3.69. The molecule has 1 aliphatic heterocycles. The van der Waals surface area contributed by atoms with Gasteiger partial charge in [0.2, 0.25) is 0 Å². The summed E-state index contributed by atoms with van der Waals surface area (Å²) < 4.78 is 12.8. The van der Waals surface area contributed by atoms with Crippen molar-refractivity contribution in [2.75, 3.05) is 32.7 Å². The van der Waals surface area contributed by atoms with Crippen LogP contribution in [0.25, 0.3) is 0 Å². The van der Waals surface area contributed by atoms with E-state index in [1.165, 1.54) is 24.3 Å². The Morgan fingerprint density at radius 1 is 1.25 bits per heavy atom. The number of hydrogen-bond donors (Lipinski definition) is 1. The van der Waals surface area contributed by atoms with Gasteiger partial charge in [-0.1, -0.05) is 6.92 Å². The molecule has 1 fully saturated rings. The van der Waals surface area contributed by atoms with Gasteiger partial charge < -0.3 is 10.0 Å². The molecule has 2 rings (SSSR count). The third kappa shape index (κ3) is 3.77. The maximum absolute atomic E-state index is 12.8. The van der Waals surface area contributed by atoms with Crippen molar-refractivity contribution in [2.45, 2.75) is 19.4 Å². The maximum Gasteiger partial charge on any atom is 0.253 e. The number of piperazine rings is 1. The molecular formula is C15H21FN2O2. The Balaban J connectivity index is 1.87. The highest BCUT2D eigenvalue weighted by atomic mass is 19.1. The molecule has 1 amide bonds. The Hall–Kier alpha value is -1.46. The lowest BCUT2D eigenvalue weighted by molar-refractivity contribution is 0.0523. The molecule has 4 nitrogen and oxygen atoms in total. The van der Waals surface area contributed by atoms with E-state index in [1.807, 2.05) is 6.92 Å². The van der Waals surface area contributed by atoms with Crippen molar-refractivity contribution < 1.29 is 14.3 Å². The lowest BCUT2D eigenvalue weighted by atomic mass is 10.1. The molecule has 0 saturated carbocycles. The van der Waals surface area contributed by atoms with Crippen LogP contribution in [0.3, 0.4) is 0 Å². The highest BCUT2D eigenvalue weighted by Crippen LogP contribution is 2.10. The molecule has 1 N–H and O–H groups in total. The van der Waals surface area contributed by atoms with Crippen molar-refractivity contribution in [3.05, 3.63) is 35.6 Å². The van der Waals surface area contributed by atoms with Crippen LogP contribution in [0.15, 0.2) is 24.3 Å². The molecule has 1 saturated heterocycles. The van der Waals surface area contributed by atoms with E-state index in [0.29, 0.717) is 25.2 Å². The number of nitrogens with zero attached hydrogens (tertiary/aromatic N) is 2. The summed E-state index contributed by atoms with van der Waals surface area (Å²) in [5.41, 5.74) is 0.522. The maximum atomic E-state index is 12.8. The molecule has 0 bridgehead atoms. The Morgan fingerprint density at radius 3 is 2.40 bits per heavy atom. The Morgan fingerprint density at radius 2 is 1.85 bits per heavy atom. The molecular weight excluding hydrogens is 259 g/mol. The van der Waals surface area contributed by atoms with Gasteiger partial charge in [-0.2, -0.15) is 0 Å². The third-order valence-electron chi connectivity index (χ3n) is 3.69. The molecule has 110 valence electrons. The molecule has 5 heteroatoms. The van der Waals surface area contributed by atoms with E-state index in [9.17, 15) is 14.3 Å². The van der Waals surface area contributed by atoms with Crippen LogP contribution in [-0.2, 0) is 0 Å². The number of carbonyl (C=O) groups is 1. The van der Waals surface area contributed by atoms with Crippen LogP contribution in [0.4, 0.5) is 4.39 Å². The zero-order valence-electron chi connectivity index (χ0n) is 11.8. The lowest BCUT2D eigenvalue weighted by Gasteiger charge is -2.35. The Bertz CT molecular complexity index is 442. The van der Waals surface area contributed by atoms with Crippen molar-refractivity contribution in [1.29, 1.82) is 0 Å². The molecule has 1 aromatic rings. The molecule has 0 spiro atoms. The van der Waals surface area contributed by atoms with Crippen LogP contribution in [-0.4, -0.2) is 59.6 Å². The predicted molar refractivity (Wildman–Crippen MR) is 75.0 cm³/mol. The second-order valence-electron chi connectivity index (χ2n) is 5.16. The van der Waals surface area contributed by atoms with Crippen LogP contribution in [0.1, 0.15) is 23.7 Å².